The molecule has 2 aliphatic rings. The van der Waals surface area contributed by atoms with Gasteiger partial charge in [0, 0.05) is 56.9 Å². The number of carbonyl (C=O) groups is 1. The van der Waals surface area contributed by atoms with Crippen LogP contribution in [0.15, 0.2) is 35.5 Å². The van der Waals surface area contributed by atoms with Crippen molar-refractivity contribution < 1.29 is 18.3 Å². The van der Waals surface area contributed by atoms with E-state index in [1.165, 1.54) is 10.4 Å². The molecule has 2 atom stereocenters. The SMILES string of the molecule is Cn1cc([C@@H]2CN(S(=O)(=O)c3ccc4c(c3)C(=O)NCC4)C[C@H]2CO)cn1. The topological polar surface area (TPSA) is 105 Å². The maximum Gasteiger partial charge on any atom is 0.251 e. The molecular formula is C18H22N4O4S. The molecule has 0 bridgehead atoms. The minimum Gasteiger partial charge on any atom is -0.396 e. The fourth-order valence-corrected chi connectivity index (χ4v) is 5.47. The number of carbonyl (C=O) groups excluding carboxylic acids is 1. The van der Waals surface area contributed by atoms with Crippen molar-refractivity contribution in [2.45, 2.75) is 17.2 Å². The maximum absolute atomic E-state index is 13.2. The summed E-state index contributed by atoms with van der Waals surface area (Å²) in [6.07, 6.45) is 4.26. The highest BCUT2D eigenvalue weighted by atomic mass is 32.2. The number of amides is 1. The van der Waals surface area contributed by atoms with Gasteiger partial charge in [-0.3, -0.25) is 9.48 Å². The van der Waals surface area contributed by atoms with Crippen LogP contribution < -0.4 is 5.32 Å². The van der Waals surface area contributed by atoms with Gasteiger partial charge in [0.1, 0.15) is 0 Å². The van der Waals surface area contributed by atoms with Gasteiger partial charge in [-0.15, -0.1) is 0 Å². The lowest BCUT2D eigenvalue weighted by molar-refractivity contribution is 0.0945. The predicted octanol–water partition coefficient (Wildman–Crippen LogP) is 0.103. The molecular weight excluding hydrogens is 368 g/mol. The maximum atomic E-state index is 13.2. The Kier molecular flexibility index (Phi) is 4.53. The Hall–Kier alpha value is -2.23. The molecule has 2 aliphatic heterocycles. The average Bonchev–Trinajstić information content (AvgIpc) is 3.28. The van der Waals surface area contributed by atoms with Gasteiger partial charge in [0.05, 0.1) is 11.1 Å². The van der Waals surface area contributed by atoms with Gasteiger partial charge >= 0.3 is 0 Å². The summed E-state index contributed by atoms with van der Waals surface area (Å²) in [4.78, 5) is 12.2. The van der Waals surface area contributed by atoms with Crippen LogP contribution >= 0.6 is 0 Å². The summed E-state index contributed by atoms with van der Waals surface area (Å²) < 4.78 is 29.4. The zero-order valence-corrected chi connectivity index (χ0v) is 15.8. The minimum absolute atomic E-state index is 0.0990. The van der Waals surface area contributed by atoms with E-state index in [1.54, 1.807) is 30.1 Å². The fraction of sp³-hybridized carbons (Fsp3) is 0.444. The van der Waals surface area contributed by atoms with Crippen molar-refractivity contribution in [3.8, 4) is 0 Å². The Labute approximate surface area is 157 Å². The van der Waals surface area contributed by atoms with Crippen molar-refractivity contribution in [2.24, 2.45) is 13.0 Å². The third kappa shape index (κ3) is 3.15. The van der Waals surface area contributed by atoms with E-state index >= 15 is 0 Å². The van der Waals surface area contributed by atoms with Gasteiger partial charge < -0.3 is 10.4 Å². The van der Waals surface area contributed by atoms with Crippen LogP contribution in [0, 0.1) is 5.92 Å². The van der Waals surface area contributed by atoms with E-state index in [0.29, 0.717) is 18.5 Å². The second-order valence-electron chi connectivity index (χ2n) is 7.14. The summed E-state index contributed by atoms with van der Waals surface area (Å²) in [7, 11) is -1.95. The van der Waals surface area contributed by atoms with E-state index in [4.69, 9.17) is 0 Å². The number of aromatic nitrogens is 2. The molecule has 1 aromatic carbocycles. The molecule has 4 rings (SSSR count). The van der Waals surface area contributed by atoms with E-state index in [9.17, 15) is 18.3 Å². The Morgan fingerprint density at radius 1 is 1.33 bits per heavy atom. The highest BCUT2D eigenvalue weighted by molar-refractivity contribution is 7.89. The van der Waals surface area contributed by atoms with Gasteiger partial charge in [-0.05, 0) is 29.7 Å². The number of nitrogens with one attached hydrogen (secondary N) is 1. The Bertz CT molecular complexity index is 985. The van der Waals surface area contributed by atoms with Crippen LogP contribution in [0.1, 0.15) is 27.4 Å². The number of nitrogens with zero attached hydrogens (tertiary/aromatic N) is 3. The number of hydrogen-bond donors (Lipinski definition) is 2. The number of aryl methyl sites for hydroxylation is 1. The molecule has 0 radical (unpaired) electrons. The molecule has 1 amide bonds. The largest absolute Gasteiger partial charge is 0.396 e. The monoisotopic (exact) mass is 390 g/mol. The smallest absolute Gasteiger partial charge is 0.251 e. The fourth-order valence-electron chi connectivity index (χ4n) is 3.92. The van der Waals surface area contributed by atoms with E-state index < -0.39 is 10.0 Å². The molecule has 2 N–H and O–H groups in total. The number of aliphatic hydroxyl groups excluding tert-OH is 1. The van der Waals surface area contributed by atoms with Gasteiger partial charge in [0.25, 0.3) is 5.91 Å². The van der Waals surface area contributed by atoms with Crippen molar-refractivity contribution in [3.05, 3.63) is 47.3 Å². The first-order valence-corrected chi connectivity index (χ1v) is 10.3. The molecule has 144 valence electrons. The number of fused-ring (bicyclic) bond motifs is 1. The number of aliphatic hydroxyl groups is 1. The van der Waals surface area contributed by atoms with E-state index in [0.717, 1.165) is 11.1 Å². The molecule has 1 fully saturated rings. The number of hydrogen-bond acceptors (Lipinski definition) is 5. The summed E-state index contributed by atoms with van der Waals surface area (Å²) in [5.41, 5.74) is 2.20. The minimum atomic E-state index is -3.76. The summed E-state index contributed by atoms with van der Waals surface area (Å²) in [6, 6.07) is 4.75. The second-order valence-corrected chi connectivity index (χ2v) is 9.08. The quantitative estimate of drug-likeness (QED) is 0.771. The molecule has 27 heavy (non-hydrogen) atoms. The van der Waals surface area contributed by atoms with Crippen LogP contribution in [0.25, 0.3) is 0 Å². The Morgan fingerprint density at radius 2 is 2.15 bits per heavy atom. The van der Waals surface area contributed by atoms with Crippen LogP contribution in [0.4, 0.5) is 0 Å². The second kappa shape index (κ2) is 6.74. The third-order valence-electron chi connectivity index (χ3n) is 5.44. The van der Waals surface area contributed by atoms with E-state index in [2.05, 4.69) is 10.4 Å². The predicted molar refractivity (Wildman–Crippen MR) is 97.8 cm³/mol. The third-order valence-corrected chi connectivity index (χ3v) is 7.27. The Morgan fingerprint density at radius 3 is 2.85 bits per heavy atom. The molecule has 3 heterocycles. The van der Waals surface area contributed by atoms with Crippen molar-refractivity contribution in [1.82, 2.24) is 19.4 Å². The lowest BCUT2D eigenvalue weighted by Crippen LogP contribution is -2.33. The number of sulfonamides is 1. The molecule has 0 saturated carbocycles. The lowest BCUT2D eigenvalue weighted by Gasteiger charge is -2.20. The average molecular weight is 390 g/mol. The van der Waals surface area contributed by atoms with Gasteiger partial charge in [0.15, 0.2) is 0 Å². The summed E-state index contributed by atoms with van der Waals surface area (Å²) >= 11 is 0. The first kappa shape index (κ1) is 18.1. The molecule has 2 aromatic rings. The summed E-state index contributed by atoms with van der Waals surface area (Å²) in [5, 5.41) is 16.6. The van der Waals surface area contributed by atoms with Crippen LogP contribution in [0.5, 0.6) is 0 Å². The molecule has 1 saturated heterocycles. The van der Waals surface area contributed by atoms with Crippen molar-refractivity contribution in [1.29, 1.82) is 0 Å². The highest BCUT2D eigenvalue weighted by Gasteiger charge is 2.40. The van der Waals surface area contributed by atoms with Crippen molar-refractivity contribution in [2.75, 3.05) is 26.2 Å². The van der Waals surface area contributed by atoms with Gasteiger partial charge in [-0.2, -0.15) is 9.40 Å². The van der Waals surface area contributed by atoms with E-state index in [-0.39, 0.29) is 42.3 Å². The van der Waals surface area contributed by atoms with Crippen LogP contribution in [-0.2, 0) is 23.5 Å². The highest BCUT2D eigenvalue weighted by Crippen LogP contribution is 2.35. The number of benzene rings is 1. The van der Waals surface area contributed by atoms with Crippen LogP contribution in [0.2, 0.25) is 0 Å². The normalized spacial score (nSPS) is 23.3. The number of rotatable bonds is 4. The van der Waals surface area contributed by atoms with Crippen LogP contribution in [-0.4, -0.2) is 59.8 Å². The lowest BCUT2D eigenvalue weighted by atomic mass is 9.92. The molecule has 0 aliphatic carbocycles. The van der Waals surface area contributed by atoms with Gasteiger partial charge in [-0.25, -0.2) is 8.42 Å². The van der Waals surface area contributed by atoms with Crippen molar-refractivity contribution >= 4 is 15.9 Å². The van der Waals surface area contributed by atoms with Gasteiger partial charge in [-0.1, -0.05) is 6.07 Å². The Balaban J connectivity index is 1.64. The molecule has 1 aromatic heterocycles. The first-order valence-electron chi connectivity index (χ1n) is 8.91. The van der Waals surface area contributed by atoms with Gasteiger partial charge in [0.2, 0.25) is 10.0 Å². The molecule has 0 unspecified atom stereocenters. The zero-order chi connectivity index (χ0) is 19.2. The van der Waals surface area contributed by atoms with Crippen molar-refractivity contribution in [3.63, 3.8) is 0 Å². The van der Waals surface area contributed by atoms with E-state index in [1.807, 2.05) is 6.20 Å². The molecule has 9 heteroatoms. The summed E-state index contributed by atoms with van der Waals surface area (Å²) in [6.45, 7) is 0.984. The molecule has 0 spiro atoms. The molecule has 8 nitrogen and oxygen atoms in total. The standard InChI is InChI=1S/C18H22N4O4S/c1-21-8-13(7-20-21)17-10-22(9-14(17)11-23)27(25,26)15-3-2-12-4-5-19-18(24)16(12)6-15/h2-3,6-8,14,17,23H,4-5,9-11H2,1H3,(H,19,24)/t14-,17-/m0/s1. The zero-order valence-electron chi connectivity index (χ0n) is 15.0. The summed E-state index contributed by atoms with van der Waals surface area (Å²) in [5.74, 6) is -0.541. The van der Waals surface area contributed by atoms with Crippen LogP contribution in [0.3, 0.4) is 0 Å². The first-order chi connectivity index (χ1) is 12.9.